The first-order valence-electron chi connectivity index (χ1n) is 5.25. The summed E-state index contributed by atoms with van der Waals surface area (Å²) >= 11 is 0. The summed E-state index contributed by atoms with van der Waals surface area (Å²) in [6.07, 6.45) is 0.360. The fraction of sp³-hybridized carbons (Fsp3) is 0.636. The lowest BCUT2D eigenvalue weighted by atomic mass is 10.1. The Morgan fingerprint density at radius 1 is 1.29 bits per heavy atom. The molecule has 0 rings (SSSR count). The number of amides is 1. The predicted octanol–water partition coefficient (Wildman–Crippen LogP) is -0.0790. The molecule has 6 nitrogen and oxygen atoms in total. The van der Waals surface area contributed by atoms with Gasteiger partial charge < -0.3 is 20.3 Å². The largest absolute Gasteiger partial charge is 0.478 e. The van der Waals surface area contributed by atoms with Crippen LogP contribution in [0.1, 0.15) is 20.3 Å². The van der Waals surface area contributed by atoms with Gasteiger partial charge in [0, 0.05) is 24.9 Å². The lowest BCUT2D eigenvalue weighted by Gasteiger charge is -2.17. The number of methoxy groups -OCH3 is 1. The number of hydrogen-bond acceptors (Lipinski definition) is 4. The van der Waals surface area contributed by atoms with Gasteiger partial charge in [-0.05, 0) is 20.3 Å². The minimum atomic E-state index is -1.12. The summed E-state index contributed by atoms with van der Waals surface area (Å²) in [4.78, 5) is 22.4. The molecule has 0 fully saturated rings. The van der Waals surface area contributed by atoms with Gasteiger partial charge in [0.15, 0.2) is 0 Å². The van der Waals surface area contributed by atoms with E-state index in [4.69, 9.17) is 14.9 Å². The van der Waals surface area contributed by atoms with Crippen molar-refractivity contribution in [1.82, 2.24) is 5.32 Å². The van der Waals surface area contributed by atoms with Crippen LogP contribution in [0.15, 0.2) is 11.1 Å². The molecule has 0 aromatic carbocycles. The number of rotatable bonds is 7. The van der Waals surface area contributed by atoms with Gasteiger partial charge in [-0.15, -0.1) is 0 Å². The molecule has 1 unspecified atom stereocenters. The predicted molar refractivity (Wildman–Crippen MR) is 61.5 cm³/mol. The monoisotopic (exact) mass is 245 g/mol. The summed E-state index contributed by atoms with van der Waals surface area (Å²) in [6.45, 7) is 3.01. The minimum absolute atomic E-state index is 0.00247. The molecule has 0 bridgehead atoms. The molecule has 0 aliphatic heterocycles. The molecule has 6 heteroatoms. The molecule has 0 radical (unpaired) electrons. The highest BCUT2D eigenvalue weighted by Crippen LogP contribution is 2.04. The number of carbonyl (C=O) groups is 2. The molecule has 0 aliphatic carbocycles. The molecule has 0 saturated carbocycles. The fourth-order valence-electron chi connectivity index (χ4n) is 1.18. The SMILES string of the molecule is COCC(CCO)NC(=O)C(C)=C(C)C(=O)O. The summed E-state index contributed by atoms with van der Waals surface area (Å²) in [7, 11) is 1.49. The van der Waals surface area contributed by atoms with Crippen LogP contribution in [0.4, 0.5) is 0 Å². The first-order chi connectivity index (χ1) is 7.93. The van der Waals surface area contributed by atoms with Crippen LogP contribution in [0, 0.1) is 0 Å². The van der Waals surface area contributed by atoms with Crippen molar-refractivity contribution in [2.45, 2.75) is 26.3 Å². The van der Waals surface area contributed by atoms with Crippen molar-refractivity contribution in [2.24, 2.45) is 0 Å². The number of aliphatic hydroxyl groups excluding tert-OH is 1. The van der Waals surface area contributed by atoms with Crippen molar-refractivity contribution < 1.29 is 24.5 Å². The first kappa shape index (κ1) is 15.6. The van der Waals surface area contributed by atoms with E-state index in [1.54, 1.807) is 0 Å². The molecule has 0 aromatic heterocycles. The third-order valence-corrected chi connectivity index (χ3v) is 2.40. The first-order valence-corrected chi connectivity index (χ1v) is 5.25. The van der Waals surface area contributed by atoms with Gasteiger partial charge in [0.2, 0.25) is 5.91 Å². The molecular formula is C11H19NO5. The summed E-state index contributed by atoms with van der Waals surface area (Å²) in [5.41, 5.74) is 0.152. The van der Waals surface area contributed by atoms with Crippen LogP contribution in [0.5, 0.6) is 0 Å². The Morgan fingerprint density at radius 3 is 2.29 bits per heavy atom. The zero-order valence-corrected chi connectivity index (χ0v) is 10.3. The number of nitrogens with one attached hydrogen (secondary N) is 1. The number of hydrogen-bond donors (Lipinski definition) is 3. The summed E-state index contributed by atoms with van der Waals surface area (Å²) in [6, 6.07) is -0.325. The Morgan fingerprint density at radius 2 is 1.88 bits per heavy atom. The Labute approximate surface area is 100 Å². The van der Waals surface area contributed by atoms with E-state index in [1.165, 1.54) is 21.0 Å². The van der Waals surface area contributed by atoms with Crippen LogP contribution in [0.3, 0.4) is 0 Å². The van der Waals surface area contributed by atoms with Crippen LogP contribution in [-0.2, 0) is 14.3 Å². The number of aliphatic carboxylic acids is 1. The van der Waals surface area contributed by atoms with Crippen molar-refractivity contribution in [1.29, 1.82) is 0 Å². The molecule has 1 atom stereocenters. The van der Waals surface area contributed by atoms with Crippen molar-refractivity contribution >= 4 is 11.9 Å². The zero-order chi connectivity index (χ0) is 13.4. The van der Waals surface area contributed by atoms with Crippen LogP contribution in [-0.4, -0.2) is 48.5 Å². The summed E-state index contributed by atoms with van der Waals surface area (Å²) < 4.78 is 4.89. The topological polar surface area (TPSA) is 95.9 Å². The molecule has 0 saturated heterocycles. The lowest BCUT2D eigenvalue weighted by molar-refractivity contribution is -0.133. The Kier molecular flexibility index (Phi) is 7.16. The standard InChI is InChI=1S/C11H19NO5/c1-7(8(2)11(15)16)10(14)12-9(4-5-13)6-17-3/h9,13H,4-6H2,1-3H3,(H,12,14)(H,15,16). The molecule has 3 N–H and O–H groups in total. The highest BCUT2D eigenvalue weighted by Gasteiger charge is 2.16. The molecule has 0 spiro atoms. The van der Waals surface area contributed by atoms with E-state index in [-0.39, 0.29) is 30.4 Å². The third kappa shape index (κ3) is 5.46. The molecular weight excluding hydrogens is 226 g/mol. The Bertz CT molecular complexity index is 305. The highest BCUT2D eigenvalue weighted by molar-refractivity contribution is 6.01. The van der Waals surface area contributed by atoms with Crippen molar-refractivity contribution in [2.75, 3.05) is 20.3 Å². The van der Waals surface area contributed by atoms with E-state index in [9.17, 15) is 9.59 Å². The second-order valence-electron chi connectivity index (χ2n) is 3.69. The molecule has 1 amide bonds. The smallest absolute Gasteiger partial charge is 0.331 e. The van der Waals surface area contributed by atoms with Gasteiger partial charge in [0.1, 0.15) is 0 Å². The minimum Gasteiger partial charge on any atom is -0.478 e. The maximum atomic E-state index is 11.7. The van der Waals surface area contributed by atoms with Gasteiger partial charge in [0.25, 0.3) is 0 Å². The van der Waals surface area contributed by atoms with Crippen LogP contribution < -0.4 is 5.32 Å². The van der Waals surface area contributed by atoms with Crippen molar-refractivity contribution in [3.05, 3.63) is 11.1 Å². The number of ether oxygens (including phenoxy) is 1. The molecule has 0 heterocycles. The van der Waals surface area contributed by atoms with E-state index in [0.717, 1.165) is 0 Å². The van der Waals surface area contributed by atoms with E-state index < -0.39 is 11.9 Å². The van der Waals surface area contributed by atoms with Gasteiger partial charge >= 0.3 is 5.97 Å². The Balaban J connectivity index is 4.60. The highest BCUT2D eigenvalue weighted by atomic mass is 16.5. The molecule has 98 valence electrons. The number of carboxylic acids is 1. The van der Waals surface area contributed by atoms with Gasteiger partial charge in [-0.2, -0.15) is 0 Å². The maximum Gasteiger partial charge on any atom is 0.331 e. The van der Waals surface area contributed by atoms with E-state index in [2.05, 4.69) is 5.32 Å². The zero-order valence-electron chi connectivity index (χ0n) is 10.3. The van der Waals surface area contributed by atoms with E-state index in [0.29, 0.717) is 6.42 Å². The molecule has 0 aliphatic rings. The lowest BCUT2D eigenvalue weighted by Crippen LogP contribution is -2.39. The fourth-order valence-corrected chi connectivity index (χ4v) is 1.18. The number of carboxylic acid groups (broad SMARTS) is 1. The number of carbonyl (C=O) groups excluding carboxylic acids is 1. The average Bonchev–Trinajstić information content (AvgIpc) is 2.27. The van der Waals surface area contributed by atoms with Gasteiger partial charge in [0.05, 0.1) is 12.6 Å². The van der Waals surface area contributed by atoms with Crippen molar-refractivity contribution in [3.8, 4) is 0 Å². The van der Waals surface area contributed by atoms with Crippen LogP contribution in [0.25, 0.3) is 0 Å². The summed E-state index contributed by atoms with van der Waals surface area (Å²) in [5, 5.41) is 20.1. The van der Waals surface area contributed by atoms with Gasteiger partial charge in [-0.1, -0.05) is 0 Å². The van der Waals surface area contributed by atoms with Crippen LogP contribution >= 0.6 is 0 Å². The quantitative estimate of drug-likeness (QED) is 0.545. The van der Waals surface area contributed by atoms with E-state index >= 15 is 0 Å². The molecule has 0 aromatic rings. The van der Waals surface area contributed by atoms with Crippen LogP contribution in [0.2, 0.25) is 0 Å². The van der Waals surface area contributed by atoms with Crippen molar-refractivity contribution in [3.63, 3.8) is 0 Å². The summed E-state index contributed by atoms with van der Waals surface area (Å²) in [5.74, 6) is -1.58. The average molecular weight is 245 g/mol. The normalized spacial score (nSPS) is 13.9. The second-order valence-corrected chi connectivity index (χ2v) is 3.69. The second kappa shape index (κ2) is 7.81. The van der Waals surface area contributed by atoms with Gasteiger partial charge in [-0.3, -0.25) is 4.79 Å². The molecule has 17 heavy (non-hydrogen) atoms. The Hall–Kier alpha value is -1.40. The van der Waals surface area contributed by atoms with Gasteiger partial charge in [-0.25, -0.2) is 4.79 Å². The van der Waals surface area contributed by atoms with E-state index in [1.807, 2.05) is 0 Å². The third-order valence-electron chi connectivity index (χ3n) is 2.40. The number of aliphatic hydroxyl groups is 1. The maximum absolute atomic E-state index is 11.7.